The van der Waals surface area contributed by atoms with Gasteiger partial charge in [0.1, 0.15) is 0 Å². The molecule has 3 atom stereocenters. The molecule has 0 heterocycles. The number of halogens is 1. The van der Waals surface area contributed by atoms with E-state index in [-0.39, 0.29) is 0 Å². The van der Waals surface area contributed by atoms with Crippen LogP contribution < -0.4 is 11.3 Å². The maximum absolute atomic E-state index is 5.82. The summed E-state index contributed by atoms with van der Waals surface area (Å²) in [4.78, 5) is 0. The topological polar surface area (TPSA) is 38.0 Å². The summed E-state index contributed by atoms with van der Waals surface area (Å²) in [7, 11) is 0. The van der Waals surface area contributed by atoms with Crippen molar-refractivity contribution >= 4 is 15.9 Å². The SMILES string of the molecule is CC1CC(C)CC(C(Cc2cccc(Br)c2)NN)C1. The van der Waals surface area contributed by atoms with E-state index in [9.17, 15) is 0 Å². The highest BCUT2D eigenvalue weighted by atomic mass is 79.9. The quantitative estimate of drug-likeness (QED) is 0.651. The second-order valence-electron chi connectivity index (χ2n) is 6.28. The van der Waals surface area contributed by atoms with Crippen LogP contribution in [0.1, 0.15) is 38.7 Å². The molecular weight excluding hydrogens is 300 g/mol. The molecule has 1 saturated carbocycles. The highest BCUT2D eigenvalue weighted by Gasteiger charge is 2.29. The van der Waals surface area contributed by atoms with E-state index in [1.165, 1.54) is 24.8 Å². The lowest BCUT2D eigenvalue weighted by Gasteiger charge is -2.36. The maximum Gasteiger partial charge on any atom is 0.0279 e. The third kappa shape index (κ3) is 4.30. The third-order valence-corrected chi connectivity index (χ3v) is 4.84. The molecule has 19 heavy (non-hydrogen) atoms. The Bertz CT molecular complexity index is 397. The third-order valence-electron chi connectivity index (χ3n) is 4.34. The van der Waals surface area contributed by atoms with Crippen molar-refractivity contribution in [2.45, 2.75) is 45.6 Å². The molecule has 1 fully saturated rings. The molecule has 1 aromatic carbocycles. The van der Waals surface area contributed by atoms with Gasteiger partial charge >= 0.3 is 0 Å². The molecule has 0 bridgehead atoms. The number of benzene rings is 1. The van der Waals surface area contributed by atoms with Crippen LogP contribution in [-0.4, -0.2) is 6.04 Å². The van der Waals surface area contributed by atoms with E-state index in [4.69, 9.17) is 5.84 Å². The minimum Gasteiger partial charge on any atom is -0.271 e. The Labute approximate surface area is 125 Å². The zero-order valence-corrected chi connectivity index (χ0v) is 13.5. The van der Waals surface area contributed by atoms with Crippen LogP contribution in [0, 0.1) is 17.8 Å². The Hall–Kier alpha value is -0.380. The van der Waals surface area contributed by atoms with Gasteiger partial charge in [-0.2, -0.15) is 0 Å². The van der Waals surface area contributed by atoms with Crippen LogP contribution >= 0.6 is 15.9 Å². The molecule has 1 aromatic rings. The minimum absolute atomic E-state index is 0.388. The van der Waals surface area contributed by atoms with Crippen LogP contribution in [0.4, 0.5) is 0 Å². The van der Waals surface area contributed by atoms with Gasteiger partial charge in [-0.3, -0.25) is 11.3 Å². The Morgan fingerprint density at radius 3 is 2.53 bits per heavy atom. The first-order chi connectivity index (χ1) is 9.08. The molecule has 0 aliphatic heterocycles. The molecular formula is C16H25BrN2. The van der Waals surface area contributed by atoms with Crippen LogP contribution in [-0.2, 0) is 6.42 Å². The van der Waals surface area contributed by atoms with Crippen LogP contribution in [0.5, 0.6) is 0 Å². The summed E-state index contributed by atoms with van der Waals surface area (Å²) in [6.07, 6.45) is 4.98. The Kier molecular flexibility index (Phi) is 5.43. The second kappa shape index (κ2) is 6.87. The monoisotopic (exact) mass is 324 g/mol. The van der Waals surface area contributed by atoms with Crippen LogP contribution in [0.25, 0.3) is 0 Å². The summed E-state index contributed by atoms with van der Waals surface area (Å²) in [5.41, 5.74) is 4.42. The molecule has 1 aliphatic rings. The minimum atomic E-state index is 0.388. The standard InChI is InChI=1S/C16H25BrN2/c1-11-6-12(2)8-14(7-11)16(19-18)10-13-4-3-5-15(17)9-13/h3-5,9,11-12,14,16,19H,6-8,10,18H2,1-2H3. The average Bonchev–Trinajstić information content (AvgIpc) is 2.34. The largest absolute Gasteiger partial charge is 0.271 e. The van der Waals surface area contributed by atoms with Gasteiger partial charge in [0.25, 0.3) is 0 Å². The fraction of sp³-hybridized carbons (Fsp3) is 0.625. The normalized spacial score (nSPS) is 29.2. The average molecular weight is 325 g/mol. The summed E-state index contributed by atoms with van der Waals surface area (Å²) < 4.78 is 1.14. The van der Waals surface area contributed by atoms with E-state index in [1.54, 1.807) is 0 Å². The first-order valence-electron chi connectivity index (χ1n) is 7.29. The highest BCUT2D eigenvalue weighted by Crippen LogP contribution is 2.35. The summed E-state index contributed by atoms with van der Waals surface area (Å²) in [6.45, 7) is 4.74. The lowest BCUT2D eigenvalue weighted by atomic mass is 9.73. The fourth-order valence-electron chi connectivity index (χ4n) is 3.62. The maximum atomic E-state index is 5.82. The number of hydrogen-bond acceptors (Lipinski definition) is 2. The number of hydrazine groups is 1. The first-order valence-corrected chi connectivity index (χ1v) is 8.08. The van der Waals surface area contributed by atoms with Crippen molar-refractivity contribution in [3.8, 4) is 0 Å². The first kappa shape index (κ1) is 15.0. The van der Waals surface area contributed by atoms with Crippen LogP contribution in [0.15, 0.2) is 28.7 Å². The van der Waals surface area contributed by atoms with E-state index in [2.05, 4.69) is 59.5 Å². The van der Waals surface area contributed by atoms with Crippen molar-refractivity contribution in [3.63, 3.8) is 0 Å². The predicted molar refractivity (Wildman–Crippen MR) is 84.6 cm³/mol. The van der Waals surface area contributed by atoms with Gasteiger partial charge in [-0.1, -0.05) is 41.9 Å². The predicted octanol–water partition coefficient (Wildman–Crippen LogP) is 3.90. The van der Waals surface area contributed by atoms with Crippen molar-refractivity contribution in [1.29, 1.82) is 0 Å². The van der Waals surface area contributed by atoms with Gasteiger partial charge in [-0.25, -0.2) is 0 Å². The van der Waals surface area contributed by atoms with Crippen molar-refractivity contribution in [2.75, 3.05) is 0 Å². The molecule has 1 aliphatic carbocycles. The Morgan fingerprint density at radius 2 is 1.95 bits per heavy atom. The molecule has 0 saturated heterocycles. The smallest absolute Gasteiger partial charge is 0.0279 e. The summed E-state index contributed by atoms with van der Waals surface area (Å²) in [5.74, 6) is 8.17. The second-order valence-corrected chi connectivity index (χ2v) is 7.20. The molecule has 3 unspecified atom stereocenters. The molecule has 2 nitrogen and oxygen atoms in total. The number of nitrogens with two attached hydrogens (primary N) is 1. The number of nitrogens with one attached hydrogen (secondary N) is 1. The van der Waals surface area contributed by atoms with Crippen molar-refractivity contribution in [1.82, 2.24) is 5.43 Å². The molecule has 0 spiro atoms. The van der Waals surface area contributed by atoms with Crippen LogP contribution in [0.2, 0.25) is 0 Å². The molecule has 3 heteroatoms. The van der Waals surface area contributed by atoms with Crippen molar-refractivity contribution in [2.24, 2.45) is 23.6 Å². The highest BCUT2D eigenvalue weighted by molar-refractivity contribution is 9.10. The van der Waals surface area contributed by atoms with Gasteiger partial charge in [-0.15, -0.1) is 0 Å². The zero-order chi connectivity index (χ0) is 13.8. The molecule has 106 valence electrons. The molecule has 0 aromatic heterocycles. The van der Waals surface area contributed by atoms with Crippen molar-refractivity contribution < 1.29 is 0 Å². The summed E-state index contributed by atoms with van der Waals surface area (Å²) >= 11 is 3.54. The van der Waals surface area contributed by atoms with Crippen LogP contribution in [0.3, 0.4) is 0 Å². The number of hydrogen-bond donors (Lipinski definition) is 2. The summed E-state index contributed by atoms with van der Waals surface area (Å²) in [6, 6.07) is 8.93. The zero-order valence-electron chi connectivity index (χ0n) is 11.9. The lowest BCUT2D eigenvalue weighted by molar-refractivity contribution is 0.175. The summed E-state index contributed by atoms with van der Waals surface area (Å²) in [5, 5.41) is 0. The molecule has 3 N–H and O–H groups in total. The van der Waals surface area contributed by atoms with E-state index in [1.807, 2.05) is 0 Å². The van der Waals surface area contributed by atoms with E-state index >= 15 is 0 Å². The van der Waals surface area contributed by atoms with Gasteiger partial charge in [-0.05, 0) is 61.1 Å². The molecule has 2 rings (SSSR count). The Morgan fingerprint density at radius 1 is 1.26 bits per heavy atom. The van der Waals surface area contributed by atoms with Gasteiger partial charge in [0.2, 0.25) is 0 Å². The van der Waals surface area contributed by atoms with E-state index in [0.29, 0.717) is 12.0 Å². The van der Waals surface area contributed by atoms with Gasteiger partial charge in [0.15, 0.2) is 0 Å². The Balaban J connectivity index is 2.03. The van der Waals surface area contributed by atoms with E-state index < -0.39 is 0 Å². The molecule has 0 radical (unpaired) electrons. The van der Waals surface area contributed by atoms with E-state index in [0.717, 1.165) is 22.7 Å². The number of rotatable bonds is 4. The fourth-order valence-corrected chi connectivity index (χ4v) is 4.06. The molecule has 0 amide bonds. The van der Waals surface area contributed by atoms with Gasteiger partial charge in [0, 0.05) is 10.5 Å². The van der Waals surface area contributed by atoms with Gasteiger partial charge in [0.05, 0.1) is 0 Å². The van der Waals surface area contributed by atoms with Crippen molar-refractivity contribution in [3.05, 3.63) is 34.3 Å². The van der Waals surface area contributed by atoms with Gasteiger partial charge < -0.3 is 0 Å². The lowest BCUT2D eigenvalue weighted by Crippen LogP contribution is -2.44.